The predicted octanol–water partition coefficient (Wildman–Crippen LogP) is 0.377. The van der Waals surface area contributed by atoms with E-state index in [-0.39, 0.29) is 6.42 Å². The zero-order valence-electron chi connectivity index (χ0n) is 7.96. The molecule has 3 N–H and O–H groups in total. The fraction of sp³-hybridized carbons (Fsp3) is 0.200. The summed E-state index contributed by atoms with van der Waals surface area (Å²) in [4.78, 5) is 19.3. The van der Waals surface area contributed by atoms with Crippen molar-refractivity contribution in [2.24, 2.45) is 0 Å². The van der Waals surface area contributed by atoms with Crippen LogP contribution in [0.15, 0.2) is 30.3 Å². The third-order valence-corrected chi connectivity index (χ3v) is 1.33. The molecule has 0 aliphatic carbocycles. The van der Waals surface area contributed by atoms with E-state index in [2.05, 4.69) is 0 Å². The molecule has 5 nitrogen and oxygen atoms in total. The summed E-state index contributed by atoms with van der Waals surface area (Å²) in [5, 5.41) is 23.4. The quantitative estimate of drug-likeness (QED) is 0.673. The maximum Gasteiger partial charge on any atom is 0.329 e. The van der Waals surface area contributed by atoms with Crippen LogP contribution in [-0.4, -0.2) is 33.9 Å². The number of carboxylic acids is 2. The molecule has 0 atom stereocenters. The minimum Gasteiger partial charge on any atom is -0.481 e. The van der Waals surface area contributed by atoms with E-state index >= 15 is 0 Å². The Morgan fingerprint density at radius 3 is 1.80 bits per heavy atom. The highest BCUT2D eigenvalue weighted by Gasteiger charge is 1.96. The molecule has 0 amide bonds. The van der Waals surface area contributed by atoms with Crippen LogP contribution in [0.3, 0.4) is 0 Å². The second-order valence-corrected chi connectivity index (χ2v) is 2.61. The van der Waals surface area contributed by atoms with Gasteiger partial charge in [0.05, 0.1) is 6.42 Å². The predicted molar refractivity (Wildman–Crippen MR) is 52.5 cm³/mol. The first kappa shape index (κ1) is 13.1. The molecule has 0 radical (unpaired) electrons. The van der Waals surface area contributed by atoms with Gasteiger partial charge in [-0.1, -0.05) is 30.3 Å². The molecule has 0 fully saturated rings. The topological polar surface area (TPSA) is 94.8 Å². The Kier molecular flexibility index (Phi) is 6.57. The van der Waals surface area contributed by atoms with E-state index in [1.54, 1.807) is 12.1 Å². The number of aliphatic hydroxyl groups excluding tert-OH is 1. The molecule has 0 unspecified atom stereocenters. The molecule has 0 bridgehead atoms. The maximum absolute atomic E-state index is 10.2. The van der Waals surface area contributed by atoms with Crippen molar-refractivity contribution < 1.29 is 24.9 Å². The highest BCUT2D eigenvalue weighted by molar-refractivity contribution is 5.70. The Morgan fingerprint density at radius 1 is 1.00 bits per heavy atom. The van der Waals surface area contributed by atoms with Crippen LogP contribution in [0.1, 0.15) is 5.56 Å². The number of carbonyl (C=O) groups is 2. The van der Waals surface area contributed by atoms with Crippen molar-refractivity contribution >= 4 is 11.9 Å². The molecular formula is C10H12O5. The third kappa shape index (κ3) is 8.45. The van der Waals surface area contributed by atoms with Crippen LogP contribution >= 0.6 is 0 Å². The van der Waals surface area contributed by atoms with E-state index in [9.17, 15) is 4.79 Å². The van der Waals surface area contributed by atoms with Gasteiger partial charge in [-0.15, -0.1) is 0 Å². The smallest absolute Gasteiger partial charge is 0.329 e. The largest absolute Gasteiger partial charge is 0.481 e. The van der Waals surface area contributed by atoms with Crippen LogP contribution in [0.2, 0.25) is 0 Å². The van der Waals surface area contributed by atoms with Crippen LogP contribution < -0.4 is 0 Å². The molecule has 0 spiro atoms. The normalized spacial score (nSPS) is 8.60. The average Bonchev–Trinajstić information content (AvgIpc) is 2.19. The molecule has 5 heteroatoms. The van der Waals surface area contributed by atoms with Gasteiger partial charge >= 0.3 is 11.9 Å². The number of rotatable bonds is 3. The van der Waals surface area contributed by atoms with Crippen molar-refractivity contribution in [2.75, 3.05) is 6.61 Å². The number of aliphatic hydroxyl groups is 1. The molecule has 0 saturated carbocycles. The zero-order valence-corrected chi connectivity index (χ0v) is 7.96. The lowest BCUT2D eigenvalue weighted by atomic mass is 10.2. The number of carboxylic acid groups (broad SMARTS) is 2. The first-order valence-electron chi connectivity index (χ1n) is 4.14. The Balaban J connectivity index is 0.000000336. The lowest BCUT2D eigenvalue weighted by molar-refractivity contribution is -0.140. The summed E-state index contributed by atoms with van der Waals surface area (Å²) in [7, 11) is 0. The van der Waals surface area contributed by atoms with Crippen LogP contribution in [-0.2, 0) is 16.0 Å². The van der Waals surface area contributed by atoms with E-state index < -0.39 is 18.5 Å². The second-order valence-electron chi connectivity index (χ2n) is 2.61. The van der Waals surface area contributed by atoms with E-state index in [4.69, 9.17) is 20.1 Å². The standard InChI is InChI=1S/C8H8O2.C2H4O3/c9-8(10)6-7-4-2-1-3-5-7;3-1-2(4)5/h1-5H,6H2,(H,9,10);3H,1H2,(H,4,5). The monoisotopic (exact) mass is 212 g/mol. The summed E-state index contributed by atoms with van der Waals surface area (Å²) in [5.41, 5.74) is 0.843. The Labute approximate surface area is 86.6 Å². The summed E-state index contributed by atoms with van der Waals surface area (Å²) in [6.45, 7) is -0.778. The molecule has 15 heavy (non-hydrogen) atoms. The van der Waals surface area contributed by atoms with Gasteiger partial charge in [0.25, 0.3) is 0 Å². The molecule has 82 valence electrons. The summed E-state index contributed by atoms with van der Waals surface area (Å²) in [5.74, 6) is -1.98. The summed E-state index contributed by atoms with van der Waals surface area (Å²) >= 11 is 0. The first-order valence-corrected chi connectivity index (χ1v) is 4.14. The van der Waals surface area contributed by atoms with Crippen molar-refractivity contribution in [1.82, 2.24) is 0 Å². The molecule has 0 aliphatic heterocycles. The van der Waals surface area contributed by atoms with Gasteiger partial charge in [-0.05, 0) is 5.56 Å². The Morgan fingerprint density at radius 2 is 1.47 bits per heavy atom. The van der Waals surface area contributed by atoms with E-state index in [0.717, 1.165) is 5.56 Å². The summed E-state index contributed by atoms with van der Waals surface area (Å²) in [6, 6.07) is 9.13. The zero-order chi connectivity index (χ0) is 11.7. The molecular weight excluding hydrogens is 200 g/mol. The Bertz CT molecular complexity index is 307. The molecule has 0 aromatic heterocycles. The minimum absolute atomic E-state index is 0.112. The number of aliphatic carboxylic acids is 2. The van der Waals surface area contributed by atoms with Gasteiger partial charge in [0.2, 0.25) is 0 Å². The molecule has 0 heterocycles. The second kappa shape index (κ2) is 7.52. The highest BCUT2D eigenvalue weighted by atomic mass is 16.4. The van der Waals surface area contributed by atoms with Crippen molar-refractivity contribution in [3.05, 3.63) is 35.9 Å². The van der Waals surface area contributed by atoms with Crippen LogP contribution in [0.5, 0.6) is 0 Å². The van der Waals surface area contributed by atoms with E-state index in [1.165, 1.54) is 0 Å². The van der Waals surface area contributed by atoms with Crippen molar-refractivity contribution in [3.63, 3.8) is 0 Å². The van der Waals surface area contributed by atoms with Crippen molar-refractivity contribution in [1.29, 1.82) is 0 Å². The molecule has 1 rings (SSSR count). The third-order valence-electron chi connectivity index (χ3n) is 1.33. The van der Waals surface area contributed by atoms with Crippen LogP contribution in [0, 0.1) is 0 Å². The summed E-state index contributed by atoms with van der Waals surface area (Å²) < 4.78 is 0. The van der Waals surface area contributed by atoms with Gasteiger partial charge in [-0.25, -0.2) is 4.79 Å². The van der Waals surface area contributed by atoms with Gasteiger partial charge in [0.15, 0.2) is 0 Å². The number of hydrogen-bond donors (Lipinski definition) is 3. The summed E-state index contributed by atoms with van der Waals surface area (Å²) in [6.07, 6.45) is 0.112. The van der Waals surface area contributed by atoms with Crippen molar-refractivity contribution in [2.45, 2.75) is 6.42 Å². The maximum atomic E-state index is 10.2. The lowest BCUT2D eigenvalue weighted by Crippen LogP contribution is -1.98. The van der Waals surface area contributed by atoms with Crippen LogP contribution in [0.4, 0.5) is 0 Å². The van der Waals surface area contributed by atoms with Crippen LogP contribution in [0.25, 0.3) is 0 Å². The van der Waals surface area contributed by atoms with Gasteiger partial charge in [-0.2, -0.15) is 0 Å². The molecule has 0 aliphatic rings. The SMILES string of the molecule is O=C(O)CO.O=C(O)Cc1ccccc1. The molecule has 0 saturated heterocycles. The molecule has 1 aromatic rings. The van der Waals surface area contributed by atoms with Gasteiger partial charge < -0.3 is 15.3 Å². The van der Waals surface area contributed by atoms with E-state index in [1.807, 2.05) is 18.2 Å². The van der Waals surface area contributed by atoms with Gasteiger partial charge in [0, 0.05) is 0 Å². The average molecular weight is 212 g/mol. The van der Waals surface area contributed by atoms with Gasteiger partial charge in [-0.3, -0.25) is 4.79 Å². The fourth-order valence-electron chi connectivity index (χ4n) is 0.770. The fourth-order valence-corrected chi connectivity index (χ4v) is 0.770. The first-order chi connectivity index (χ1) is 7.06. The lowest BCUT2D eigenvalue weighted by Gasteiger charge is -1.92. The van der Waals surface area contributed by atoms with Crippen molar-refractivity contribution in [3.8, 4) is 0 Å². The Hall–Kier alpha value is -1.88. The van der Waals surface area contributed by atoms with E-state index in [0.29, 0.717) is 0 Å². The molecule has 1 aromatic carbocycles. The minimum atomic E-state index is -1.19. The number of benzene rings is 1. The number of hydrogen-bond acceptors (Lipinski definition) is 3. The van der Waals surface area contributed by atoms with Gasteiger partial charge in [0.1, 0.15) is 6.61 Å². The highest BCUT2D eigenvalue weighted by Crippen LogP contribution is 1.98.